The van der Waals surface area contributed by atoms with Crippen LogP contribution in [0.2, 0.25) is 0 Å². The first-order chi connectivity index (χ1) is 6.91. The summed E-state index contributed by atoms with van der Waals surface area (Å²) in [5.41, 5.74) is 2.55. The maximum absolute atomic E-state index is 5.47. The van der Waals surface area contributed by atoms with Gasteiger partial charge in [-0.1, -0.05) is 36.5 Å². The van der Waals surface area contributed by atoms with Crippen LogP contribution < -0.4 is 0 Å². The van der Waals surface area contributed by atoms with E-state index in [9.17, 15) is 0 Å². The minimum Gasteiger partial charge on any atom is -0.467 e. The molecular weight excluding hydrogens is 184 g/mol. The van der Waals surface area contributed by atoms with Crippen LogP contribution in [0.4, 0.5) is 0 Å². The van der Waals surface area contributed by atoms with Gasteiger partial charge in [0.25, 0.3) is 0 Å². The van der Waals surface area contributed by atoms with Gasteiger partial charge in [-0.3, -0.25) is 0 Å². The molecule has 0 radical (unpaired) electrons. The minimum atomic E-state index is 0.753. The summed E-state index contributed by atoms with van der Waals surface area (Å²) in [4.78, 5) is 0. The van der Waals surface area contributed by atoms with Gasteiger partial charge in [-0.25, -0.2) is 0 Å². The van der Waals surface area contributed by atoms with E-state index in [0.29, 0.717) is 0 Å². The molecule has 84 valence electrons. The highest BCUT2D eigenvalue weighted by Crippen LogP contribution is 2.12. The zero-order valence-corrected chi connectivity index (χ0v) is 10.4. The van der Waals surface area contributed by atoms with Crippen molar-refractivity contribution in [3.63, 3.8) is 0 Å². The Bertz CT molecular complexity index is 254. The predicted molar refractivity (Wildman–Crippen MR) is 67.5 cm³/mol. The molecule has 0 aliphatic rings. The fraction of sp³-hybridized carbons (Fsp3) is 0.429. The zero-order valence-electron chi connectivity index (χ0n) is 10.4. The molecule has 15 heavy (non-hydrogen) atoms. The monoisotopic (exact) mass is 206 g/mol. The van der Waals surface area contributed by atoms with Crippen LogP contribution in [0.3, 0.4) is 0 Å². The molecule has 0 aliphatic carbocycles. The third-order valence-corrected chi connectivity index (χ3v) is 1.76. The second kappa shape index (κ2) is 7.10. The lowest BCUT2D eigenvalue weighted by Crippen LogP contribution is -1.89. The first kappa shape index (κ1) is 13.8. The van der Waals surface area contributed by atoms with E-state index in [0.717, 1.165) is 24.4 Å². The van der Waals surface area contributed by atoms with E-state index in [1.165, 1.54) is 11.1 Å². The van der Waals surface area contributed by atoms with E-state index >= 15 is 0 Å². The van der Waals surface area contributed by atoms with Crippen LogP contribution in [-0.4, -0.2) is 0 Å². The fourth-order valence-electron chi connectivity index (χ4n) is 0.923. The summed E-state index contributed by atoms with van der Waals surface area (Å²) in [6.45, 7) is 15.9. The number of hydrogen-bond donors (Lipinski definition) is 0. The van der Waals surface area contributed by atoms with Crippen molar-refractivity contribution in [3.8, 4) is 0 Å². The number of hydrogen-bond acceptors (Lipinski definition) is 1. The molecule has 0 rings (SSSR count). The van der Waals surface area contributed by atoms with Crippen molar-refractivity contribution in [2.45, 2.75) is 40.5 Å². The van der Waals surface area contributed by atoms with Gasteiger partial charge in [-0.05, 0) is 27.7 Å². The molecule has 0 spiro atoms. The van der Waals surface area contributed by atoms with Crippen LogP contribution in [0.1, 0.15) is 40.5 Å². The van der Waals surface area contributed by atoms with Crippen molar-refractivity contribution in [2.24, 2.45) is 0 Å². The second-order valence-corrected chi connectivity index (χ2v) is 4.15. The molecular formula is C14H22O. The SMILES string of the molecule is C=C(CC=C(C)C)OC(=C)CC=C(C)C. The van der Waals surface area contributed by atoms with Crippen molar-refractivity contribution in [2.75, 3.05) is 0 Å². The van der Waals surface area contributed by atoms with Gasteiger partial charge in [-0.15, -0.1) is 0 Å². The lowest BCUT2D eigenvalue weighted by molar-refractivity contribution is 0.295. The Kier molecular flexibility index (Phi) is 6.52. The molecule has 0 unspecified atom stereocenters. The van der Waals surface area contributed by atoms with Crippen molar-refractivity contribution in [1.82, 2.24) is 0 Å². The van der Waals surface area contributed by atoms with Gasteiger partial charge in [-0.2, -0.15) is 0 Å². The average molecular weight is 206 g/mol. The molecule has 0 bridgehead atoms. The molecule has 0 fully saturated rings. The highest BCUT2D eigenvalue weighted by molar-refractivity contribution is 5.06. The highest BCUT2D eigenvalue weighted by Gasteiger charge is 1.96. The molecule has 0 aromatic carbocycles. The molecule has 0 heterocycles. The molecule has 1 nitrogen and oxygen atoms in total. The van der Waals surface area contributed by atoms with E-state index in [1.807, 2.05) is 0 Å². The van der Waals surface area contributed by atoms with Crippen LogP contribution in [0.15, 0.2) is 48.0 Å². The summed E-state index contributed by atoms with van der Waals surface area (Å²) >= 11 is 0. The molecule has 0 aromatic rings. The van der Waals surface area contributed by atoms with E-state index in [2.05, 4.69) is 53.0 Å². The van der Waals surface area contributed by atoms with Crippen molar-refractivity contribution in [1.29, 1.82) is 0 Å². The predicted octanol–water partition coefficient (Wildman–Crippen LogP) is 4.74. The maximum Gasteiger partial charge on any atom is 0.100 e. The number of ether oxygens (including phenoxy) is 1. The molecule has 0 amide bonds. The largest absolute Gasteiger partial charge is 0.467 e. The summed E-state index contributed by atoms with van der Waals surface area (Å²) < 4.78 is 5.47. The Morgan fingerprint density at radius 1 is 0.867 bits per heavy atom. The number of allylic oxidation sites excluding steroid dienone is 4. The lowest BCUT2D eigenvalue weighted by Gasteiger charge is -2.08. The highest BCUT2D eigenvalue weighted by atomic mass is 16.5. The Morgan fingerprint density at radius 3 is 1.47 bits per heavy atom. The number of rotatable bonds is 6. The van der Waals surface area contributed by atoms with Crippen molar-refractivity contribution in [3.05, 3.63) is 48.0 Å². The summed E-state index contributed by atoms with van der Waals surface area (Å²) in [6.07, 6.45) is 5.71. The third-order valence-electron chi connectivity index (χ3n) is 1.76. The van der Waals surface area contributed by atoms with Gasteiger partial charge in [0, 0.05) is 12.8 Å². The summed E-state index contributed by atoms with van der Waals surface area (Å²) in [7, 11) is 0. The minimum absolute atomic E-state index is 0.753. The fourth-order valence-corrected chi connectivity index (χ4v) is 0.923. The summed E-state index contributed by atoms with van der Waals surface area (Å²) in [6, 6.07) is 0. The Hall–Kier alpha value is -1.24. The Morgan fingerprint density at radius 2 is 1.20 bits per heavy atom. The standard InChI is InChI=1S/C14H22O/c1-11(2)7-9-13(5)15-14(6)10-8-12(3)4/h7-8H,5-6,9-10H2,1-4H3. The quantitative estimate of drug-likeness (QED) is 0.450. The van der Waals surface area contributed by atoms with Crippen molar-refractivity contribution < 1.29 is 4.74 Å². The van der Waals surface area contributed by atoms with Crippen LogP contribution in [0.25, 0.3) is 0 Å². The van der Waals surface area contributed by atoms with Crippen LogP contribution in [0, 0.1) is 0 Å². The van der Waals surface area contributed by atoms with Gasteiger partial charge in [0.15, 0.2) is 0 Å². The zero-order chi connectivity index (χ0) is 11.8. The molecule has 0 aliphatic heterocycles. The van der Waals surface area contributed by atoms with Gasteiger partial charge in [0.1, 0.15) is 11.5 Å². The van der Waals surface area contributed by atoms with Crippen LogP contribution >= 0.6 is 0 Å². The lowest BCUT2D eigenvalue weighted by atomic mass is 10.2. The van der Waals surface area contributed by atoms with E-state index in [4.69, 9.17) is 4.74 Å². The smallest absolute Gasteiger partial charge is 0.100 e. The maximum atomic E-state index is 5.47. The summed E-state index contributed by atoms with van der Waals surface area (Å²) in [5, 5.41) is 0. The van der Waals surface area contributed by atoms with Gasteiger partial charge in [0.2, 0.25) is 0 Å². The molecule has 0 aromatic heterocycles. The molecule has 1 heteroatoms. The average Bonchev–Trinajstić information content (AvgIpc) is 2.11. The van der Waals surface area contributed by atoms with Gasteiger partial charge >= 0.3 is 0 Å². The van der Waals surface area contributed by atoms with E-state index in [-0.39, 0.29) is 0 Å². The second-order valence-electron chi connectivity index (χ2n) is 4.15. The van der Waals surface area contributed by atoms with Crippen LogP contribution in [0.5, 0.6) is 0 Å². The van der Waals surface area contributed by atoms with Crippen LogP contribution in [-0.2, 0) is 4.74 Å². The van der Waals surface area contributed by atoms with E-state index < -0.39 is 0 Å². The van der Waals surface area contributed by atoms with Crippen molar-refractivity contribution >= 4 is 0 Å². The molecule has 0 saturated heterocycles. The third kappa shape index (κ3) is 9.07. The van der Waals surface area contributed by atoms with E-state index in [1.54, 1.807) is 0 Å². The Balaban J connectivity index is 3.92. The van der Waals surface area contributed by atoms with Gasteiger partial charge in [0.05, 0.1) is 0 Å². The molecule has 0 N–H and O–H groups in total. The Labute approximate surface area is 93.8 Å². The summed E-state index contributed by atoms with van der Waals surface area (Å²) in [5.74, 6) is 1.51. The molecule has 0 saturated carbocycles. The molecule has 0 atom stereocenters. The topological polar surface area (TPSA) is 9.23 Å². The normalized spacial score (nSPS) is 9.07. The first-order valence-corrected chi connectivity index (χ1v) is 5.22. The van der Waals surface area contributed by atoms with Gasteiger partial charge < -0.3 is 4.74 Å². The first-order valence-electron chi connectivity index (χ1n) is 5.22.